The normalized spacial score (nSPS) is 11.6. The summed E-state index contributed by atoms with van der Waals surface area (Å²) in [7, 11) is 0. The molecule has 7 aromatic rings. The van der Waals surface area contributed by atoms with Crippen molar-refractivity contribution >= 4 is 21.8 Å². The minimum Gasteiger partial charge on any atom is -0.509 e. The number of hydrogen-bond donors (Lipinski definition) is 0. The van der Waals surface area contributed by atoms with Gasteiger partial charge in [0, 0.05) is 34.5 Å². The third kappa shape index (κ3) is 7.25. The van der Waals surface area contributed by atoms with Crippen LogP contribution in [0.3, 0.4) is 0 Å². The van der Waals surface area contributed by atoms with Crippen molar-refractivity contribution in [1.29, 1.82) is 0 Å². The molecule has 0 radical (unpaired) electrons. The summed E-state index contributed by atoms with van der Waals surface area (Å²) in [6.45, 7) is 17.7. The number of aromatic nitrogens is 4. The minimum atomic E-state index is 0. The van der Waals surface area contributed by atoms with Crippen molar-refractivity contribution in [3.05, 3.63) is 131 Å². The number of aryl methyl sites for hydroxylation is 3. The number of benzene rings is 4. The second kappa shape index (κ2) is 15.6. The number of ether oxygens (including phenoxy) is 1. The molecule has 52 heavy (non-hydrogen) atoms. The van der Waals surface area contributed by atoms with Crippen molar-refractivity contribution in [2.24, 2.45) is 5.92 Å². The molecule has 4 aromatic carbocycles. The number of fused-ring (bicyclic) bond motifs is 3. The van der Waals surface area contributed by atoms with Gasteiger partial charge in [-0.3, -0.25) is 4.68 Å². The molecule has 0 fully saturated rings. The topological polar surface area (TPSA) is 44.9 Å². The summed E-state index contributed by atoms with van der Waals surface area (Å²) in [5.41, 5.74) is 12.7. The summed E-state index contributed by atoms with van der Waals surface area (Å²) in [4.78, 5) is 4.84. The fourth-order valence-corrected chi connectivity index (χ4v) is 7.41. The van der Waals surface area contributed by atoms with E-state index < -0.39 is 0 Å². The standard InChI is InChI=1S/C46H48N4O.Pd/c1-9-10-17-42-46(45-31(6)14-13-15-32(45)7)33(8)48-50(42)36-25-35(30(4)5)26-38(27-36)51-37-19-20-40-39-16-11-12-18-41(39)49(43(40)28-37)44-24-34(21-22-47-44)23-29(2)3;/h11-16,18-22,24-26,29-30H,9-10,17,23H2,1-8H3;/q-2;+2. The molecule has 5 nitrogen and oxygen atoms in total. The molecule has 0 amide bonds. The zero-order valence-electron chi connectivity index (χ0n) is 31.6. The van der Waals surface area contributed by atoms with Crippen LogP contribution in [0.2, 0.25) is 0 Å². The van der Waals surface area contributed by atoms with E-state index in [2.05, 4.69) is 150 Å². The van der Waals surface area contributed by atoms with E-state index in [4.69, 9.17) is 14.8 Å². The van der Waals surface area contributed by atoms with E-state index in [0.717, 1.165) is 64.7 Å². The fourth-order valence-electron chi connectivity index (χ4n) is 7.41. The van der Waals surface area contributed by atoms with E-state index in [1.54, 1.807) is 0 Å². The Morgan fingerprint density at radius 2 is 1.56 bits per heavy atom. The Labute approximate surface area is 322 Å². The monoisotopic (exact) mass is 778 g/mol. The van der Waals surface area contributed by atoms with Crippen LogP contribution < -0.4 is 4.74 Å². The maximum atomic E-state index is 6.70. The Morgan fingerprint density at radius 3 is 2.29 bits per heavy atom. The molecule has 0 atom stereocenters. The largest absolute Gasteiger partial charge is 2.00 e. The van der Waals surface area contributed by atoms with Gasteiger partial charge >= 0.3 is 20.4 Å². The summed E-state index contributed by atoms with van der Waals surface area (Å²) < 4.78 is 11.0. The molecule has 0 N–H and O–H groups in total. The number of pyridine rings is 1. The molecule has 0 saturated heterocycles. The second-order valence-corrected chi connectivity index (χ2v) is 14.7. The molecule has 0 saturated carbocycles. The first kappa shape index (κ1) is 37.3. The Morgan fingerprint density at radius 1 is 0.788 bits per heavy atom. The van der Waals surface area contributed by atoms with Crippen molar-refractivity contribution in [1.82, 2.24) is 19.3 Å². The summed E-state index contributed by atoms with van der Waals surface area (Å²) in [6, 6.07) is 35.1. The first-order valence-corrected chi connectivity index (χ1v) is 18.4. The van der Waals surface area contributed by atoms with Gasteiger partial charge in [0.25, 0.3) is 0 Å². The van der Waals surface area contributed by atoms with Gasteiger partial charge in [-0.15, -0.1) is 41.3 Å². The van der Waals surface area contributed by atoms with Crippen LogP contribution in [0.15, 0.2) is 85.1 Å². The van der Waals surface area contributed by atoms with E-state index in [-0.39, 0.29) is 26.3 Å². The summed E-state index contributed by atoms with van der Waals surface area (Å²) >= 11 is 0. The first-order valence-electron chi connectivity index (χ1n) is 18.4. The van der Waals surface area contributed by atoms with Gasteiger partial charge in [0.15, 0.2) is 0 Å². The van der Waals surface area contributed by atoms with Crippen LogP contribution in [0.25, 0.3) is 44.4 Å². The van der Waals surface area contributed by atoms with Gasteiger partial charge < -0.3 is 9.30 Å². The van der Waals surface area contributed by atoms with Crippen LogP contribution >= 0.6 is 0 Å². The zero-order valence-corrected chi connectivity index (χ0v) is 33.1. The number of nitrogens with zero attached hydrogens (tertiary/aromatic N) is 4. The Bertz CT molecular complexity index is 2340. The first-order chi connectivity index (χ1) is 24.6. The predicted molar refractivity (Wildman–Crippen MR) is 211 cm³/mol. The van der Waals surface area contributed by atoms with Crippen molar-refractivity contribution in [3.63, 3.8) is 0 Å². The van der Waals surface area contributed by atoms with E-state index in [9.17, 15) is 0 Å². The molecule has 3 heterocycles. The van der Waals surface area contributed by atoms with E-state index in [1.165, 1.54) is 39.1 Å². The van der Waals surface area contributed by atoms with Crippen LogP contribution in [-0.4, -0.2) is 19.3 Å². The van der Waals surface area contributed by atoms with Gasteiger partial charge in [-0.05, 0) is 103 Å². The molecule has 0 unspecified atom stereocenters. The van der Waals surface area contributed by atoms with Gasteiger partial charge in [-0.1, -0.05) is 83.0 Å². The summed E-state index contributed by atoms with van der Waals surface area (Å²) in [6.07, 6.45) is 6.02. The SMILES string of the molecule is CCCCc1c(-c2c(C)cccc2C)c(C)nn1-c1[c-]c(Oc2[c-]c3c(cc2)c2ccccc2n3-c2cc(CC(C)C)ccn2)cc(C(C)C)c1.[Pd+2]. The number of rotatable bonds is 11. The molecule has 0 aliphatic carbocycles. The number of para-hydroxylation sites is 1. The average molecular weight is 779 g/mol. The Hall–Kier alpha value is -4.50. The Kier molecular flexibility index (Phi) is 11.2. The van der Waals surface area contributed by atoms with E-state index in [0.29, 0.717) is 17.4 Å². The van der Waals surface area contributed by atoms with Crippen LogP contribution in [0.1, 0.15) is 87.0 Å². The fraction of sp³-hybridized carbons (Fsp3) is 0.304. The Balaban J connectivity index is 0.00000464. The third-order valence-corrected chi connectivity index (χ3v) is 9.86. The maximum absolute atomic E-state index is 6.70. The van der Waals surface area contributed by atoms with Gasteiger partial charge in [-0.25, -0.2) is 4.98 Å². The predicted octanol–water partition coefficient (Wildman–Crippen LogP) is 12.0. The molecule has 0 spiro atoms. The third-order valence-electron chi connectivity index (χ3n) is 9.86. The van der Waals surface area contributed by atoms with Crippen LogP contribution in [0, 0.1) is 38.8 Å². The van der Waals surface area contributed by atoms with Crippen LogP contribution in [0.5, 0.6) is 11.5 Å². The number of hydrogen-bond acceptors (Lipinski definition) is 3. The smallest absolute Gasteiger partial charge is 0.509 e. The van der Waals surface area contributed by atoms with Crippen LogP contribution in [-0.2, 0) is 33.3 Å². The number of unbranched alkanes of at least 4 members (excludes halogenated alkanes) is 1. The molecule has 0 aliphatic heterocycles. The molecule has 6 heteroatoms. The quantitative estimate of drug-likeness (QED) is 0.0970. The van der Waals surface area contributed by atoms with E-state index >= 15 is 0 Å². The van der Waals surface area contributed by atoms with Crippen molar-refractivity contribution < 1.29 is 25.2 Å². The molecule has 7 rings (SSSR count). The van der Waals surface area contributed by atoms with Gasteiger partial charge in [-0.2, -0.15) is 11.2 Å². The van der Waals surface area contributed by atoms with Crippen molar-refractivity contribution in [2.75, 3.05) is 0 Å². The van der Waals surface area contributed by atoms with Crippen LogP contribution in [0.4, 0.5) is 0 Å². The maximum Gasteiger partial charge on any atom is 2.00 e. The molecule has 268 valence electrons. The molecular formula is C46H48N4OPd. The molecule has 0 aliphatic rings. The molecular weight excluding hydrogens is 731 g/mol. The van der Waals surface area contributed by atoms with Gasteiger partial charge in [0.1, 0.15) is 5.82 Å². The second-order valence-electron chi connectivity index (χ2n) is 14.7. The summed E-state index contributed by atoms with van der Waals surface area (Å²) in [5.74, 6) is 3.01. The van der Waals surface area contributed by atoms with Gasteiger partial charge in [0.2, 0.25) is 0 Å². The zero-order chi connectivity index (χ0) is 35.8. The van der Waals surface area contributed by atoms with Crippen molar-refractivity contribution in [3.8, 4) is 34.1 Å². The van der Waals surface area contributed by atoms with Crippen molar-refractivity contribution in [2.45, 2.75) is 87.0 Å². The average Bonchev–Trinajstić information content (AvgIpc) is 3.60. The molecule has 3 aromatic heterocycles. The minimum absolute atomic E-state index is 0. The van der Waals surface area contributed by atoms with Gasteiger partial charge in [0.05, 0.1) is 5.69 Å². The van der Waals surface area contributed by atoms with E-state index in [1.807, 2.05) is 12.3 Å². The molecule has 0 bridgehead atoms. The summed E-state index contributed by atoms with van der Waals surface area (Å²) in [5, 5.41) is 7.46.